The molecule has 1 aliphatic heterocycles. The van der Waals surface area contributed by atoms with E-state index < -0.39 is 21.4 Å². The largest absolute Gasteiger partial charge is 0.481 e. The number of carboxylic acid groups (broad SMARTS) is 1. The Morgan fingerprint density at radius 2 is 2.26 bits per heavy atom. The zero-order chi connectivity index (χ0) is 14.3. The minimum atomic E-state index is -3.62. The number of thiazole rings is 1. The van der Waals surface area contributed by atoms with Crippen LogP contribution in [0.15, 0.2) is 10.4 Å². The molecule has 0 saturated carbocycles. The van der Waals surface area contributed by atoms with E-state index in [0.717, 1.165) is 11.3 Å². The maximum Gasteiger partial charge on any atom is 0.310 e. The van der Waals surface area contributed by atoms with Crippen LogP contribution >= 0.6 is 11.3 Å². The molecule has 8 heteroatoms. The molecule has 106 valence electrons. The molecule has 0 aromatic carbocycles. The van der Waals surface area contributed by atoms with Crippen molar-refractivity contribution in [2.45, 2.75) is 30.9 Å². The number of aryl methyl sites for hydroxylation is 1. The summed E-state index contributed by atoms with van der Waals surface area (Å²) in [7, 11) is -3.62. The molecule has 2 rings (SSSR count). The summed E-state index contributed by atoms with van der Waals surface area (Å²) < 4.78 is 26.3. The van der Waals surface area contributed by atoms with Crippen LogP contribution in [0.2, 0.25) is 0 Å². The van der Waals surface area contributed by atoms with Crippen LogP contribution in [0.3, 0.4) is 0 Å². The summed E-state index contributed by atoms with van der Waals surface area (Å²) in [6.07, 6.45) is 2.39. The van der Waals surface area contributed by atoms with Gasteiger partial charge in [0.15, 0.2) is 4.21 Å². The molecule has 0 aliphatic carbocycles. The minimum Gasteiger partial charge on any atom is -0.481 e. The van der Waals surface area contributed by atoms with Crippen molar-refractivity contribution in [3.05, 3.63) is 11.2 Å². The Balaban J connectivity index is 2.29. The Morgan fingerprint density at radius 3 is 2.79 bits per heavy atom. The van der Waals surface area contributed by atoms with Gasteiger partial charge >= 0.3 is 5.97 Å². The van der Waals surface area contributed by atoms with E-state index in [4.69, 9.17) is 0 Å². The van der Waals surface area contributed by atoms with Crippen LogP contribution in [-0.2, 0) is 14.8 Å². The van der Waals surface area contributed by atoms with E-state index in [0.29, 0.717) is 24.4 Å². The summed E-state index contributed by atoms with van der Waals surface area (Å²) >= 11 is 1.11. The van der Waals surface area contributed by atoms with Gasteiger partial charge in [-0.1, -0.05) is 0 Å². The number of carboxylic acids is 1. The fourth-order valence-corrected chi connectivity index (χ4v) is 5.03. The van der Waals surface area contributed by atoms with E-state index in [-0.39, 0.29) is 10.8 Å². The van der Waals surface area contributed by atoms with Gasteiger partial charge in [-0.3, -0.25) is 4.79 Å². The summed E-state index contributed by atoms with van der Waals surface area (Å²) in [6.45, 7) is 3.71. The van der Waals surface area contributed by atoms with Crippen LogP contribution < -0.4 is 0 Å². The van der Waals surface area contributed by atoms with Gasteiger partial charge in [0.05, 0.1) is 16.6 Å². The highest BCUT2D eigenvalue weighted by atomic mass is 32.2. The number of hydrogen-bond donors (Lipinski definition) is 1. The number of nitrogens with zero attached hydrogens (tertiary/aromatic N) is 2. The second-order valence-electron chi connectivity index (χ2n) is 5.01. The van der Waals surface area contributed by atoms with Gasteiger partial charge in [-0.15, -0.1) is 11.3 Å². The van der Waals surface area contributed by atoms with Gasteiger partial charge in [-0.2, -0.15) is 4.31 Å². The zero-order valence-electron chi connectivity index (χ0n) is 10.8. The van der Waals surface area contributed by atoms with E-state index in [9.17, 15) is 18.3 Å². The van der Waals surface area contributed by atoms with Crippen molar-refractivity contribution in [3.63, 3.8) is 0 Å². The summed E-state index contributed by atoms with van der Waals surface area (Å²) in [5.74, 6) is -0.951. The van der Waals surface area contributed by atoms with Gasteiger partial charge in [0, 0.05) is 13.1 Å². The number of rotatable bonds is 3. The van der Waals surface area contributed by atoms with E-state index in [1.54, 1.807) is 13.8 Å². The molecule has 1 atom stereocenters. The molecule has 0 amide bonds. The SMILES string of the molecule is Cc1ncc(S(=O)(=O)N2CCCC(C)(C(=O)O)C2)s1. The lowest BCUT2D eigenvalue weighted by molar-refractivity contribution is -0.150. The molecule has 1 fully saturated rings. The lowest BCUT2D eigenvalue weighted by Crippen LogP contribution is -2.48. The third-order valence-corrected chi connectivity index (χ3v) is 6.57. The third kappa shape index (κ3) is 2.65. The molecule has 0 bridgehead atoms. The van der Waals surface area contributed by atoms with Crippen LogP contribution in [0.4, 0.5) is 0 Å². The van der Waals surface area contributed by atoms with E-state index >= 15 is 0 Å². The van der Waals surface area contributed by atoms with Gasteiger partial charge in [0.1, 0.15) is 0 Å². The number of sulfonamides is 1. The highest BCUT2D eigenvalue weighted by molar-refractivity contribution is 7.91. The zero-order valence-corrected chi connectivity index (χ0v) is 12.4. The lowest BCUT2D eigenvalue weighted by Gasteiger charge is -2.36. The second kappa shape index (κ2) is 4.84. The van der Waals surface area contributed by atoms with Crippen LogP contribution in [0.25, 0.3) is 0 Å². The van der Waals surface area contributed by atoms with Gasteiger partial charge in [-0.05, 0) is 26.7 Å². The number of carbonyl (C=O) groups is 1. The maximum absolute atomic E-state index is 12.4. The fourth-order valence-electron chi connectivity index (χ4n) is 2.16. The molecule has 2 heterocycles. The van der Waals surface area contributed by atoms with Crippen LogP contribution in [-0.4, -0.2) is 41.9 Å². The predicted octanol–water partition coefficient (Wildman–Crippen LogP) is 1.33. The predicted molar refractivity (Wildman–Crippen MR) is 70.6 cm³/mol. The number of piperidine rings is 1. The lowest BCUT2D eigenvalue weighted by atomic mass is 9.83. The van der Waals surface area contributed by atoms with Crippen molar-refractivity contribution in [3.8, 4) is 0 Å². The topological polar surface area (TPSA) is 87.6 Å². The first-order valence-electron chi connectivity index (χ1n) is 5.92. The van der Waals surface area contributed by atoms with Crippen LogP contribution in [0.1, 0.15) is 24.8 Å². The highest BCUT2D eigenvalue weighted by Crippen LogP contribution is 2.33. The van der Waals surface area contributed by atoms with Crippen molar-refractivity contribution < 1.29 is 18.3 Å². The molecular weight excluding hydrogens is 288 g/mol. The Labute approximate surface area is 116 Å². The highest BCUT2D eigenvalue weighted by Gasteiger charge is 2.42. The molecule has 1 N–H and O–H groups in total. The smallest absolute Gasteiger partial charge is 0.310 e. The molecule has 1 aliphatic rings. The molecular formula is C11H16N2O4S2. The molecule has 1 unspecified atom stereocenters. The van der Waals surface area contributed by atoms with E-state index in [2.05, 4.69) is 4.98 Å². The number of aromatic nitrogens is 1. The Hall–Kier alpha value is -0.990. The fraction of sp³-hybridized carbons (Fsp3) is 0.636. The molecule has 1 aromatic heterocycles. The average Bonchev–Trinajstić information content (AvgIpc) is 2.76. The summed E-state index contributed by atoms with van der Waals surface area (Å²) in [5, 5.41) is 9.90. The van der Waals surface area contributed by atoms with E-state index in [1.165, 1.54) is 10.5 Å². The normalized spacial score (nSPS) is 25.4. The second-order valence-corrected chi connectivity index (χ2v) is 8.41. The molecule has 1 aromatic rings. The van der Waals surface area contributed by atoms with Gasteiger partial charge in [0.2, 0.25) is 0 Å². The minimum absolute atomic E-state index is 0.0155. The molecule has 0 radical (unpaired) electrons. The first kappa shape index (κ1) is 14.4. The first-order valence-corrected chi connectivity index (χ1v) is 8.17. The van der Waals surface area contributed by atoms with Gasteiger partial charge in [0.25, 0.3) is 10.0 Å². The summed E-state index contributed by atoms with van der Waals surface area (Å²) in [6, 6.07) is 0. The first-order chi connectivity index (χ1) is 8.75. The molecule has 6 nitrogen and oxygen atoms in total. The van der Waals surface area contributed by atoms with Crippen LogP contribution in [0, 0.1) is 12.3 Å². The monoisotopic (exact) mass is 304 g/mol. The molecule has 19 heavy (non-hydrogen) atoms. The Kier molecular flexibility index (Phi) is 3.67. The summed E-state index contributed by atoms with van der Waals surface area (Å²) in [4.78, 5) is 15.2. The number of aliphatic carboxylic acids is 1. The van der Waals surface area contributed by atoms with Crippen molar-refractivity contribution in [2.75, 3.05) is 13.1 Å². The quantitative estimate of drug-likeness (QED) is 0.910. The standard InChI is InChI=1S/C11H16N2O4S2/c1-8-12-6-9(18-8)19(16,17)13-5-3-4-11(2,7-13)10(14)15/h6H,3-5,7H2,1-2H3,(H,14,15). The number of hydrogen-bond acceptors (Lipinski definition) is 5. The summed E-state index contributed by atoms with van der Waals surface area (Å²) in [5.41, 5.74) is -1.01. The van der Waals surface area contributed by atoms with Crippen molar-refractivity contribution in [1.29, 1.82) is 0 Å². The maximum atomic E-state index is 12.4. The van der Waals surface area contributed by atoms with Crippen molar-refractivity contribution in [2.24, 2.45) is 5.41 Å². The molecule has 0 spiro atoms. The van der Waals surface area contributed by atoms with Crippen molar-refractivity contribution >= 4 is 27.3 Å². The average molecular weight is 304 g/mol. The third-order valence-electron chi connectivity index (χ3n) is 3.37. The Morgan fingerprint density at radius 1 is 1.58 bits per heavy atom. The van der Waals surface area contributed by atoms with Crippen molar-refractivity contribution in [1.82, 2.24) is 9.29 Å². The molecule has 1 saturated heterocycles. The van der Waals surface area contributed by atoms with Gasteiger partial charge in [-0.25, -0.2) is 13.4 Å². The Bertz CT molecular complexity index is 596. The van der Waals surface area contributed by atoms with E-state index in [1.807, 2.05) is 0 Å². The van der Waals surface area contributed by atoms with Gasteiger partial charge < -0.3 is 5.11 Å². The van der Waals surface area contributed by atoms with Crippen LogP contribution in [0.5, 0.6) is 0 Å².